The fraction of sp³-hybridized carbons (Fsp3) is 0.375. The number of allylic oxidation sites excluding steroid dienone is 1. The third-order valence-corrected chi connectivity index (χ3v) is 1.18. The molecule has 0 fully saturated rings. The van der Waals surface area contributed by atoms with Gasteiger partial charge in [-0.25, -0.2) is 4.99 Å². The van der Waals surface area contributed by atoms with Gasteiger partial charge in [0.15, 0.2) is 0 Å². The first kappa shape index (κ1) is 10.6. The van der Waals surface area contributed by atoms with Gasteiger partial charge in [-0.1, -0.05) is 12.7 Å². The molecule has 0 aromatic carbocycles. The molecule has 4 nitrogen and oxygen atoms in total. The molecule has 0 aliphatic carbocycles. The number of carbonyl (C=O) groups excluding carboxylic acids is 1. The number of carbonyl (C=O) groups is 1. The summed E-state index contributed by atoms with van der Waals surface area (Å²) in [5.74, 6) is 0.395. The number of hydrogen-bond donors (Lipinski definition) is 1. The molecule has 0 heterocycles. The lowest BCUT2D eigenvalue weighted by Gasteiger charge is -1.97. The average Bonchev–Trinajstić information content (AvgIpc) is 2.11. The summed E-state index contributed by atoms with van der Waals surface area (Å²) in [6.07, 6.45) is 3.25. The monoisotopic (exact) mass is 167 g/mol. The predicted molar refractivity (Wildman–Crippen MR) is 50.7 cm³/mol. The fourth-order valence-electron chi connectivity index (χ4n) is 0.553. The van der Waals surface area contributed by atoms with Crippen LogP contribution in [0.15, 0.2) is 22.6 Å². The molecule has 66 valence electrons. The van der Waals surface area contributed by atoms with Crippen molar-refractivity contribution in [2.75, 3.05) is 14.1 Å². The highest BCUT2D eigenvalue weighted by molar-refractivity contribution is 6.03. The topological polar surface area (TPSA) is 53.8 Å². The molecule has 0 atom stereocenters. The van der Waals surface area contributed by atoms with Crippen LogP contribution in [0.25, 0.3) is 0 Å². The molecule has 1 amide bonds. The average molecular weight is 167 g/mol. The lowest BCUT2D eigenvalue weighted by atomic mass is 10.4. The number of hydrogen-bond acceptors (Lipinski definition) is 2. The lowest BCUT2D eigenvalue weighted by Crippen LogP contribution is -2.20. The number of amidine groups is 1. The maximum atomic E-state index is 10.9. The minimum atomic E-state index is -0.100. The van der Waals surface area contributed by atoms with E-state index in [4.69, 9.17) is 0 Å². The second-order valence-corrected chi connectivity index (χ2v) is 2.00. The van der Waals surface area contributed by atoms with E-state index in [-0.39, 0.29) is 12.3 Å². The Morgan fingerprint density at radius 2 is 2.33 bits per heavy atom. The molecule has 0 unspecified atom stereocenters. The first-order valence-electron chi connectivity index (χ1n) is 3.56. The third-order valence-electron chi connectivity index (χ3n) is 1.18. The molecule has 0 saturated carbocycles. The van der Waals surface area contributed by atoms with Crippen molar-refractivity contribution >= 4 is 18.0 Å². The number of nitrogens with zero attached hydrogens (tertiary/aromatic N) is 2. The second kappa shape index (κ2) is 6.27. The van der Waals surface area contributed by atoms with Crippen molar-refractivity contribution in [2.24, 2.45) is 9.98 Å². The van der Waals surface area contributed by atoms with E-state index in [0.717, 1.165) is 0 Å². The molecule has 0 aliphatic heterocycles. The minimum Gasteiger partial charge on any atom is -0.359 e. The van der Waals surface area contributed by atoms with Crippen LogP contribution < -0.4 is 5.32 Å². The van der Waals surface area contributed by atoms with E-state index < -0.39 is 0 Å². The Morgan fingerprint density at radius 1 is 1.67 bits per heavy atom. The van der Waals surface area contributed by atoms with Crippen molar-refractivity contribution in [1.82, 2.24) is 5.32 Å². The van der Waals surface area contributed by atoms with Gasteiger partial charge in [-0.15, -0.1) is 0 Å². The standard InChI is InChI=1S/C8H13N3O/c1-4-5-11-7(9-2)6-8(12)10-3/h4-5H,1,6H2,2-3H3,(H,10,12). The smallest absolute Gasteiger partial charge is 0.227 e. The maximum absolute atomic E-state index is 10.9. The van der Waals surface area contributed by atoms with E-state index >= 15 is 0 Å². The van der Waals surface area contributed by atoms with E-state index in [1.165, 1.54) is 12.3 Å². The normalized spacial score (nSPS) is 11.7. The summed E-state index contributed by atoms with van der Waals surface area (Å²) >= 11 is 0. The SMILES string of the molecule is C=CC=NC(CC(=O)NC)=NC. The molecule has 0 rings (SSSR count). The van der Waals surface area contributed by atoms with Gasteiger partial charge in [-0.3, -0.25) is 9.79 Å². The van der Waals surface area contributed by atoms with Crippen LogP contribution >= 0.6 is 0 Å². The summed E-state index contributed by atoms with van der Waals surface area (Å²) < 4.78 is 0. The summed E-state index contributed by atoms with van der Waals surface area (Å²) in [5.41, 5.74) is 0. The molecule has 0 bridgehead atoms. The predicted octanol–water partition coefficient (Wildman–Crippen LogP) is 0.408. The zero-order valence-electron chi connectivity index (χ0n) is 7.37. The summed E-state index contributed by atoms with van der Waals surface area (Å²) in [6.45, 7) is 3.46. The molecular weight excluding hydrogens is 154 g/mol. The summed E-state index contributed by atoms with van der Waals surface area (Å²) in [5, 5.41) is 2.49. The van der Waals surface area contributed by atoms with E-state index in [9.17, 15) is 4.79 Å². The number of amides is 1. The van der Waals surface area contributed by atoms with Crippen LogP contribution in [0.5, 0.6) is 0 Å². The minimum absolute atomic E-state index is 0.100. The molecule has 12 heavy (non-hydrogen) atoms. The van der Waals surface area contributed by atoms with Gasteiger partial charge in [-0.2, -0.15) is 0 Å². The van der Waals surface area contributed by atoms with Crippen LogP contribution in [0.1, 0.15) is 6.42 Å². The molecular formula is C8H13N3O. The van der Waals surface area contributed by atoms with Crippen LogP contribution in [0, 0.1) is 0 Å². The van der Waals surface area contributed by atoms with Gasteiger partial charge in [0, 0.05) is 20.3 Å². The Morgan fingerprint density at radius 3 is 2.75 bits per heavy atom. The number of nitrogens with one attached hydrogen (secondary N) is 1. The number of rotatable bonds is 3. The first-order chi connectivity index (χ1) is 5.74. The molecule has 1 N–H and O–H groups in total. The van der Waals surface area contributed by atoms with Gasteiger partial charge in [0.25, 0.3) is 0 Å². The van der Waals surface area contributed by atoms with Gasteiger partial charge < -0.3 is 5.32 Å². The van der Waals surface area contributed by atoms with Gasteiger partial charge in [0.05, 0.1) is 6.42 Å². The Balaban J connectivity index is 4.10. The van der Waals surface area contributed by atoms with E-state index in [2.05, 4.69) is 21.9 Å². The second-order valence-electron chi connectivity index (χ2n) is 2.00. The van der Waals surface area contributed by atoms with Gasteiger partial charge >= 0.3 is 0 Å². The molecule has 0 aromatic heterocycles. The highest BCUT2D eigenvalue weighted by Gasteiger charge is 2.01. The zero-order valence-corrected chi connectivity index (χ0v) is 7.37. The van der Waals surface area contributed by atoms with Crippen molar-refractivity contribution in [2.45, 2.75) is 6.42 Å². The van der Waals surface area contributed by atoms with Crippen LogP contribution in [0.3, 0.4) is 0 Å². The number of aliphatic imine (C=N–C) groups is 2. The summed E-state index contributed by atoms with van der Waals surface area (Å²) in [4.78, 5) is 18.6. The molecule has 0 spiro atoms. The van der Waals surface area contributed by atoms with E-state index in [1.807, 2.05) is 0 Å². The zero-order chi connectivity index (χ0) is 9.40. The van der Waals surface area contributed by atoms with Gasteiger partial charge in [0.2, 0.25) is 5.91 Å². The largest absolute Gasteiger partial charge is 0.359 e. The third kappa shape index (κ3) is 4.38. The molecule has 0 aromatic rings. The van der Waals surface area contributed by atoms with E-state index in [1.54, 1.807) is 14.1 Å². The fourth-order valence-corrected chi connectivity index (χ4v) is 0.553. The van der Waals surface area contributed by atoms with Gasteiger partial charge in [-0.05, 0) is 0 Å². The van der Waals surface area contributed by atoms with Crippen molar-refractivity contribution in [3.8, 4) is 0 Å². The van der Waals surface area contributed by atoms with Crippen molar-refractivity contribution in [3.63, 3.8) is 0 Å². The van der Waals surface area contributed by atoms with Crippen LogP contribution in [-0.4, -0.2) is 32.1 Å². The van der Waals surface area contributed by atoms with Crippen LogP contribution in [0.2, 0.25) is 0 Å². The maximum Gasteiger partial charge on any atom is 0.227 e. The molecule has 4 heteroatoms. The van der Waals surface area contributed by atoms with Crippen LogP contribution in [0.4, 0.5) is 0 Å². The Hall–Kier alpha value is -1.45. The van der Waals surface area contributed by atoms with E-state index in [0.29, 0.717) is 5.84 Å². The van der Waals surface area contributed by atoms with Crippen LogP contribution in [-0.2, 0) is 4.79 Å². The van der Waals surface area contributed by atoms with Gasteiger partial charge in [0.1, 0.15) is 5.84 Å². The lowest BCUT2D eigenvalue weighted by molar-refractivity contribution is -0.119. The van der Waals surface area contributed by atoms with Crippen molar-refractivity contribution in [1.29, 1.82) is 0 Å². The van der Waals surface area contributed by atoms with Crippen molar-refractivity contribution in [3.05, 3.63) is 12.7 Å². The highest BCUT2D eigenvalue weighted by Crippen LogP contribution is 1.87. The first-order valence-corrected chi connectivity index (χ1v) is 3.56. The summed E-state index contributed by atoms with van der Waals surface area (Å²) in [6, 6.07) is 0. The Kier molecular flexibility index (Phi) is 5.51. The molecule has 0 saturated heterocycles. The quantitative estimate of drug-likeness (QED) is 0.480. The Labute approximate surface area is 72.1 Å². The molecule has 0 aliphatic rings. The highest BCUT2D eigenvalue weighted by atomic mass is 16.1. The Bertz CT molecular complexity index is 218. The summed E-state index contributed by atoms with van der Waals surface area (Å²) in [7, 11) is 3.17. The van der Waals surface area contributed by atoms with Crippen molar-refractivity contribution < 1.29 is 4.79 Å². The molecule has 0 radical (unpaired) electrons.